The summed E-state index contributed by atoms with van der Waals surface area (Å²) in [4.78, 5) is 19.4. The SMILES string of the molecule is O=[N+]([O-])c1ccc(OCc2nc(Cl)c3ccsc3n2)cc1. The van der Waals surface area contributed by atoms with E-state index in [2.05, 4.69) is 9.97 Å². The molecular formula is C13H8ClN3O3S. The van der Waals surface area contributed by atoms with Crippen molar-refractivity contribution in [3.63, 3.8) is 0 Å². The van der Waals surface area contributed by atoms with Crippen molar-refractivity contribution in [2.45, 2.75) is 6.61 Å². The number of nitro groups is 1. The number of non-ortho nitro benzene ring substituents is 1. The fraction of sp³-hybridized carbons (Fsp3) is 0.0769. The minimum atomic E-state index is -0.461. The van der Waals surface area contributed by atoms with E-state index in [9.17, 15) is 10.1 Å². The van der Waals surface area contributed by atoms with Crippen molar-refractivity contribution in [3.05, 3.63) is 56.8 Å². The van der Waals surface area contributed by atoms with Gasteiger partial charge in [0, 0.05) is 17.5 Å². The lowest BCUT2D eigenvalue weighted by molar-refractivity contribution is -0.384. The standard InChI is InChI=1S/C13H8ClN3O3S/c14-12-10-5-6-21-13(10)16-11(15-12)7-20-9-3-1-8(2-4-9)17(18)19/h1-6H,7H2. The number of ether oxygens (including phenoxy) is 1. The third-order valence-electron chi connectivity index (χ3n) is 2.74. The molecule has 0 unspecified atom stereocenters. The second-order valence-corrected chi connectivity index (χ2v) is 5.36. The first-order chi connectivity index (χ1) is 10.1. The Morgan fingerprint density at radius 2 is 2.00 bits per heavy atom. The van der Waals surface area contributed by atoms with Gasteiger partial charge in [0.2, 0.25) is 0 Å². The van der Waals surface area contributed by atoms with Gasteiger partial charge in [-0.15, -0.1) is 11.3 Å². The lowest BCUT2D eigenvalue weighted by Gasteiger charge is -2.05. The Kier molecular flexibility index (Phi) is 3.68. The number of nitrogens with zero attached hydrogens (tertiary/aromatic N) is 3. The third kappa shape index (κ3) is 2.93. The molecule has 6 nitrogen and oxygen atoms in total. The number of thiophene rings is 1. The van der Waals surface area contributed by atoms with E-state index in [1.54, 1.807) is 0 Å². The number of hydrogen-bond donors (Lipinski definition) is 0. The zero-order valence-corrected chi connectivity index (χ0v) is 12.1. The molecule has 0 fully saturated rings. The number of nitro benzene ring substituents is 1. The molecule has 21 heavy (non-hydrogen) atoms. The Balaban J connectivity index is 1.75. The Morgan fingerprint density at radius 1 is 1.24 bits per heavy atom. The summed E-state index contributed by atoms with van der Waals surface area (Å²) in [6.07, 6.45) is 0. The zero-order valence-electron chi connectivity index (χ0n) is 10.5. The van der Waals surface area contributed by atoms with Gasteiger partial charge in [0.25, 0.3) is 5.69 Å². The third-order valence-corrected chi connectivity index (χ3v) is 3.84. The summed E-state index contributed by atoms with van der Waals surface area (Å²) < 4.78 is 5.51. The first-order valence-corrected chi connectivity index (χ1v) is 7.16. The summed E-state index contributed by atoms with van der Waals surface area (Å²) in [7, 11) is 0. The van der Waals surface area contributed by atoms with Crippen LogP contribution in [0.4, 0.5) is 5.69 Å². The highest BCUT2D eigenvalue weighted by molar-refractivity contribution is 7.16. The van der Waals surface area contributed by atoms with Gasteiger partial charge >= 0.3 is 0 Å². The van der Waals surface area contributed by atoms with Crippen LogP contribution in [0.2, 0.25) is 5.15 Å². The molecule has 0 saturated heterocycles. The van der Waals surface area contributed by atoms with Crippen LogP contribution in [0.3, 0.4) is 0 Å². The predicted octanol–water partition coefficient (Wildman–Crippen LogP) is 3.83. The van der Waals surface area contributed by atoms with Crippen molar-refractivity contribution in [1.29, 1.82) is 0 Å². The molecule has 0 aliphatic carbocycles. The first kappa shape index (κ1) is 13.7. The number of fused-ring (bicyclic) bond motifs is 1. The van der Waals surface area contributed by atoms with Gasteiger partial charge in [0.15, 0.2) is 5.82 Å². The van der Waals surface area contributed by atoms with Crippen molar-refractivity contribution >= 4 is 38.8 Å². The molecule has 1 aromatic carbocycles. The molecule has 0 N–H and O–H groups in total. The summed E-state index contributed by atoms with van der Waals surface area (Å²) in [5, 5.41) is 13.7. The Morgan fingerprint density at radius 3 is 2.71 bits per heavy atom. The highest BCUT2D eigenvalue weighted by Crippen LogP contribution is 2.25. The Labute approximate surface area is 128 Å². The monoisotopic (exact) mass is 321 g/mol. The maximum Gasteiger partial charge on any atom is 0.269 e. The molecule has 0 atom stereocenters. The molecule has 0 radical (unpaired) electrons. The lowest BCUT2D eigenvalue weighted by Crippen LogP contribution is -2.01. The summed E-state index contributed by atoms with van der Waals surface area (Å²) >= 11 is 7.54. The average Bonchev–Trinajstić information content (AvgIpc) is 2.94. The van der Waals surface area contributed by atoms with E-state index in [0.29, 0.717) is 16.7 Å². The zero-order chi connectivity index (χ0) is 14.8. The molecule has 8 heteroatoms. The van der Waals surface area contributed by atoms with Gasteiger partial charge in [-0.2, -0.15) is 0 Å². The highest BCUT2D eigenvalue weighted by atomic mass is 35.5. The molecule has 0 bridgehead atoms. The molecule has 3 aromatic rings. The van der Waals surface area contributed by atoms with Crippen molar-refractivity contribution in [3.8, 4) is 5.75 Å². The summed E-state index contributed by atoms with van der Waals surface area (Å²) in [6, 6.07) is 7.69. The molecule has 0 spiro atoms. The van der Waals surface area contributed by atoms with Gasteiger partial charge in [-0.05, 0) is 23.6 Å². The summed E-state index contributed by atoms with van der Waals surface area (Å²) in [5.74, 6) is 0.972. The normalized spacial score (nSPS) is 10.7. The molecule has 0 aliphatic rings. The van der Waals surface area contributed by atoms with Crippen LogP contribution in [0.25, 0.3) is 10.2 Å². The van der Waals surface area contributed by atoms with Gasteiger partial charge in [-0.3, -0.25) is 10.1 Å². The first-order valence-electron chi connectivity index (χ1n) is 5.90. The van der Waals surface area contributed by atoms with Gasteiger partial charge < -0.3 is 4.74 Å². The van der Waals surface area contributed by atoms with E-state index in [1.165, 1.54) is 35.6 Å². The topological polar surface area (TPSA) is 78.2 Å². The molecule has 106 valence electrons. The number of hydrogen-bond acceptors (Lipinski definition) is 6. The van der Waals surface area contributed by atoms with Crippen LogP contribution in [-0.2, 0) is 6.61 Å². The van der Waals surface area contributed by atoms with Crippen molar-refractivity contribution in [2.24, 2.45) is 0 Å². The number of benzene rings is 1. The van der Waals surface area contributed by atoms with Crippen LogP contribution in [0.1, 0.15) is 5.82 Å². The molecule has 0 amide bonds. The van der Waals surface area contributed by atoms with Crippen LogP contribution >= 0.6 is 22.9 Å². The number of aromatic nitrogens is 2. The Hall–Kier alpha value is -2.25. The van der Waals surface area contributed by atoms with Gasteiger partial charge in [-0.1, -0.05) is 11.6 Å². The highest BCUT2D eigenvalue weighted by Gasteiger charge is 2.08. The predicted molar refractivity (Wildman–Crippen MR) is 79.9 cm³/mol. The number of rotatable bonds is 4. The van der Waals surface area contributed by atoms with Crippen molar-refractivity contribution < 1.29 is 9.66 Å². The van der Waals surface area contributed by atoms with Crippen LogP contribution in [0.5, 0.6) is 5.75 Å². The largest absolute Gasteiger partial charge is 0.486 e. The molecule has 2 heterocycles. The Bertz CT molecular complexity index is 804. The second-order valence-electron chi connectivity index (χ2n) is 4.11. The lowest BCUT2D eigenvalue weighted by atomic mass is 10.3. The number of halogens is 1. The second kappa shape index (κ2) is 5.63. The van der Waals surface area contributed by atoms with Crippen LogP contribution in [0, 0.1) is 10.1 Å². The van der Waals surface area contributed by atoms with Gasteiger partial charge in [0.1, 0.15) is 22.3 Å². The van der Waals surface area contributed by atoms with Crippen LogP contribution in [0.15, 0.2) is 35.7 Å². The van der Waals surface area contributed by atoms with Gasteiger partial charge in [0.05, 0.1) is 4.92 Å². The molecule has 0 saturated carbocycles. The molecule has 2 aromatic heterocycles. The minimum Gasteiger partial charge on any atom is -0.486 e. The molecule has 3 rings (SSSR count). The van der Waals surface area contributed by atoms with E-state index in [1.807, 2.05) is 11.4 Å². The molecule has 0 aliphatic heterocycles. The van der Waals surface area contributed by atoms with Crippen LogP contribution < -0.4 is 4.74 Å². The molecular weight excluding hydrogens is 314 g/mol. The summed E-state index contributed by atoms with van der Waals surface area (Å²) in [6.45, 7) is 0.144. The fourth-order valence-corrected chi connectivity index (χ4v) is 2.83. The van der Waals surface area contributed by atoms with E-state index < -0.39 is 4.92 Å². The van der Waals surface area contributed by atoms with E-state index >= 15 is 0 Å². The quantitative estimate of drug-likeness (QED) is 0.414. The minimum absolute atomic E-state index is 0.0154. The van der Waals surface area contributed by atoms with Gasteiger partial charge in [-0.25, -0.2) is 9.97 Å². The maximum atomic E-state index is 10.6. The maximum absolute atomic E-state index is 10.6. The van der Waals surface area contributed by atoms with E-state index in [4.69, 9.17) is 16.3 Å². The van der Waals surface area contributed by atoms with E-state index in [-0.39, 0.29) is 12.3 Å². The van der Waals surface area contributed by atoms with Crippen LogP contribution in [-0.4, -0.2) is 14.9 Å². The smallest absolute Gasteiger partial charge is 0.269 e. The average molecular weight is 322 g/mol. The fourth-order valence-electron chi connectivity index (χ4n) is 1.74. The van der Waals surface area contributed by atoms with Crippen molar-refractivity contribution in [2.75, 3.05) is 0 Å². The summed E-state index contributed by atoms with van der Waals surface area (Å²) in [5.41, 5.74) is 0.0154. The van der Waals surface area contributed by atoms with Crippen molar-refractivity contribution in [1.82, 2.24) is 9.97 Å². The van der Waals surface area contributed by atoms with E-state index in [0.717, 1.165) is 10.2 Å².